The van der Waals surface area contributed by atoms with Gasteiger partial charge in [0.2, 0.25) is 0 Å². The maximum absolute atomic E-state index is 12.0. The SMILES string of the molecule is CC(=O)C(Cc1ccc(OC(F)(F)F)cc1)C(C)C. The molecule has 0 spiro atoms. The lowest BCUT2D eigenvalue weighted by atomic mass is 9.86. The molecule has 2 nitrogen and oxygen atoms in total. The molecule has 0 heterocycles. The van der Waals surface area contributed by atoms with E-state index < -0.39 is 6.36 Å². The molecule has 0 aliphatic carbocycles. The molecular weight excluding hydrogens is 257 g/mol. The van der Waals surface area contributed by atoms with Gasteiger partial charge in [-0.3, -0.25) is 4.79 Å². The molecule has 106 valence electrons. The van der Waals surface area contributed by atoms with Crippen LogP contribution in [0.25, 0.3) is 0 Å². The molecule has 1 atom stereocenters. The van der Waals surface area contributed by atoms with Gasteiger partial charge in [0.25, 0.3) is 0 Å². The molecule has 0 amide bonds. The standard InChI is InChI=1S/C14H17F3O2/c1-9(2)13(10(3)18)8-11-4-6-12(7-5-11)19-14(15,16)17/h4-7,9,13H,8H2,1-3H3. The molecule has 0 fully saturated rings. The zero-order valence-electron chi connectivity index (χ0n) is 11.1. The summed E-state index contributed by atoms with van der Waals surface area (Å²) in [5.74, 6) is -0.0798. The van der Waals surface area contributed by atoms with Crippen LogP contribution in [0.4, 0.5) is 13.2 Å². The molecule has 5 heteroatoms. The summed E-state index contributed by atoms with van der Waals surface area (Å²) in [7, 11) is 0. The first-order valence-corrected chi connectivity index (χ1v) is 6.04. The van der Waals surface area contributed by atoms with Crippen molar-refractivity contribution in [2.75, 3.05) is 0 Å². The average Bonchev–Trinajstić information content (AvgIpc) is 2.25. The fourth-order valence-electron chi connectivity index (χ4n) is 1.93. The van der Waals surface area contributed by atoms with E-state index in [1.807, 2.05) is 13.8 Å². The normalized spacial score (nSPS) is 13.4. The number of Topliss-reactive ketones (excluding diaryl/α,β-unsaturated/α-hetero) is 1. The molecular formula is C14H17F3O2. The van der Waals surface area contributed by atoms with Gasteiger partial charge in [0, 0.05) is 5.92 Å². The van der Waals surface area contributed by atoms with Gasteiger partial charge in [-0.25, -0.2) is 0 Å². The smallest absolute Gasteiger partial charge is 0.406 e. The number of ether oxygens (including phenoxy) is 1. The van der Waals surface area contributed by atoms with Crippen LogP contribution in [0.5, 0.6) is 5.75 Å². The zero-order chi connectivity index (χ0) is 14.6. The van der Waals surface area contributed by atoms with Crippen molar-refractivity contribution >= 4 is 5.78 Å². The summed E-state index contributed by atoms with van der Waals surface area (Å²) in [4.78, 5) is 11.5. The van der Waals surface area contributed by atoms with E-state index in [0.717, 1.165) is 5.56 Å². The molecule has 19 heavy (non-hydrogen) atoms. The summed E-state index contributed by atoms with van der Waals surface area (Å²) in [5.41, 5.74) is 0.823. The lowest BCUT2D eigenvalue weighted by molar-refractivity contribution is -0.274. The number of benzene rings is 1. The number of carbonyl (C=O) groups excluding carboxylic acids is 1. The minimum Gasteiger partial charge on any atom is -0.406 e. The molecule has 0 aliphatic rings. The number of alkyl halides is 3. The summed E-state index contributed by atoms with van der Waals surface area (Å²) in [6, 6.07) is 5.64. The van der Waals surface area contributed by atoms with Gasteiger partial charge in [0.05, 0.1) is 0 Å². The molecule has 0 radical (unpaired) electrons. The van der Waals surface area contributed by atoms with Gasteiger partial charge < -0.3 is 4.74 Å². The van der Waals surface area contributed by atoms with E-state index in [1.165, 1.54) is 19.1 Å². The fourth-order valence-corrected chi connectivity index (χ4v) is 1.93. The van der Waals surface area contributed by atoms with Gasteiger partial charge in [-0.1, -0.05) is 26.0 Å². The predicted molar refractivity (Wildman–Crippen MR) is 65.8 cm³/mol. The number of halogens is 3. The first kappa shape index (κ1) is 15.5. The van der Waals surface area contributed by atoms with Crippen molar-refractivity contribution in [1.82, 2.24) is 0 Å². The second-order valence-corrected chi connectivity index (χ2v) is 4.86. The topological polar surface area (TPSA) is 26.3 Å². The first-order chi connectivity index (χ1) is 8.69. The first-order valence-electron chi connectivity index (χ1n) is 6.04. The Morgan fingerprint density at radius 3 is 2.11 bits per heavy atom. The van der Waals surface area contributed by atoms with Crippen molar-refractivity contribution in [2.24, 2.45) is 11.8 Å². The quantitative estimate of drug-likeness (QED) is 0.811. The molecule has 0 saturated carbocycles. The van der Waals surface area contributed by atoms with Crippen molar-refractivity contribution in [3.05, 3.63) is 29.8 Å². The van der Waals surface area contributed by atoms with Crippen LogP contribution in [-0.2, 0) is 11.2 Å². The highest BCUT2D eigenvalue weighted by Gasteiger charge is 2.31. The van der Waals surface area contributed by atoms with Gasteiger partial charge in [-0.05, 0) is 37.0 Å². The van der Waals surface area contributed by atoms with Gasteiger partial charge in [0.1, 0.15) is 11.5 Å². The molecule has 0 aliphatic heterocycles. The molecule has 1 aromatic carbocycles. The Bertz CT molecular complexity index is 421. The number of carbonyl (C=O) groups is 1. The van der Waals surface area contributed by atoms with E-state index in [9.17, 15) is 18.0 Å². The van der Waals surface area contributed by atoms with E-state index in [4.69, 9.17) is 0 Å². The summed E-state index contributed by atoms with van der Waals surface area (Å²) in [6.07, 6.45) is -4.15. The fraction of sp³-hybridized carbons (Fsp3) is 0.500. The van der Waals surface area contributed by atoms with Gasteiger partial charge in [-0.15, -0.1) is 13.2 Å². The highest BCUT2D eigenvalue weighted by Crippen LogP contribution is 2.24. The Morgan fingerprint density at radius 2 is 1.74 bits per heavy atom. The third-order valence-corrected chi connectivity index (χ3v) is 2.94. The van der Waals surface area contributed by atoms with Crippen molar-refractivity contribution in [2.45, 2.75) is 33.6 Å². The maximum atomic E-state index is 12.0. The molecule has 0 bridgehead atoms. The van der Waals surface area contributed by atoms with E-state index in [-0.39, 0.29) is 23.4 Å². The highest BCUT2D eigenvalue weighted by molar-refractivity contribution is 5.78. The summed E-state index contributed by atoms with van der Waals surface area (Å²) >= 11 is 0. The van der Waals surface area contributed by atoms with Gasteiger partial charge in [0.15, 0.2) is 0 Å². The number of hydrogen-bond donors (Lipinski definition) is 0. The van der Waals surface area contributed by atoms with E-state index in [2.05, 4.69) is 4.74 Å². The second kappa shape index (κ2) is 6.08. The average molecular weight is 274 g/mol. The van der Waals surface area contributed by atoms with Crippen LogP contribution in [-0.4, -0.2) is 12.1 Å². The van der Waals surface area contributed by atoms with Gasteiger partial charge in [-0.2, -0.15) is 0 Å². The van der Waals surface area contributed by atoms with Crippen molar-refractivity contribution in [1.29, 1.82) is 0 Å². The lowest BCUT2D eigenvalue weighted by Crippen LogP contribution is -2.20. The zero-order valence-corrected chi connectivity index (χ0v) is 11.1. The molecule has 1 rings (SSSR count). The minimum atomic E-state index is -4.68. The Balaban J connectivity index is 2.74. The van der Waals surface area contributed by atoms with Crippen molar-refractivity contribution in [3.8, 4) is 5.75 Å². The van der Waals surface area contributed by atoms with E-state index in [0.29, 0.717) is 6.42 Å². The van der Waals surface area contributed by atoms with Crippen LogP contribution in [0.2, 0.25) is 0 Å². The largest absolute Gasteiger partial charge is 0.573 e. The van der Waals surface area contributed by atoms with Crippen LogP contribution in [0.1, 0.15) is 26.3 Å². The molecule has 1 unspecified atom stereocenters. The third kappa shape index (κ3) is 5.32. The van der Waals surface area contributed by atoms with E-state index >= 15 is 0 Å². The molecule has 0 aromatic heterocycles. The van der Waals surface area contributed by atoms with Crippen LogP contribution in [0, 0.1) is 11.8 Å². The van der Waals surface area contributed by atoms with E-state index in [1.54, 1.807) is 12.1 Å². The van der Waals surface area contributed by atoms with Crippen LogP contribution < -0.4 is 4.74 Å². The number of rotatable bonds is 5. The Kier molecular flexibility index (Phi) is 4.97. The number of ketones is 1. The van der Waals surface area contributed by atoms with Crippen LogP contribution in [0.15, 0.2) is 24.3 Å². The number of hydrogen-bond acceptors (Lipinski definition) is 2. The van der Waals surface area contributed by atoms with Gasteiger partial charge >= 0.3 is 6.36 Å². The predicted octanol–water partition coefficient (Wildman–Crippen LogP) is 3.99. The summed E-state index contributed by atoms with van der Waals surface area (Å²) < 4.78 is 39.8. The van der Waals surface area contributed by atoms with Crippen LogP contribution in [0.3, 0.4) is 0 Å². The Labute approximate surface area is 110 Å². The van der Waals surface area contributed by atoms with Crippen LogP contribution >= 0.6 is 0 Å². The highest BCUT2D eigenvalue weighted by atomic mass is 19.4. The molecule has 0 saturated heterocycles. The lowest BCUT2D eigenvalue weighted by Gasteiger charge is -2.18. The maximum Gasteiger partial charge on any atom is 0.573 e. The summed E-state index contributed by atoms with van der Waals surface area (Å²) in [6.45, 7) is 5.44. The minimum absolute atomic E-state index is 0.0885. The summed E-state index contributed by atoms with van der Waals surface area (Å²) in [5, 5.41) is 0. The Morgan fingerprint density at radius 1 is 1.21 bits per heavy atom. The third-order valence-electron chi connectivity index (χ3n) is 2.94. The molecule has 0 N–H and O–H groups in total. The van der Waals surface area contributed by atoms with Crippen molar-refractivity contribution in [3.63, 3.8) is 0 Å². The second-order valence-electron chi connectivity index (χ2n) is 4.86. The monoisotopic (exact) mass is 274 g/mol. The molecule has 1 aromatic rings. The van der Waals surface area contributed by atoms with Crippen molar-refractivity contribution < 1.29 is 22.7 Å². The Hall–Kier alpha value is -1.52.